The molecule has 0 radical (unpaired) electrons. The van der Waals surface area contributed by atoms with E-state index in [1.165, 1.54) is 5.56 Å². The van der Waals surface area contributed by atoms with E-state index in [9.17, 15) is 0 Å². The minimum absolute atomic E-state index is 0.102. The fraction of sp³-hybridized carbons (Fsp3) is 0.333. The van der Waals surface area contributed by atoms with Gasteiger partial charge in [0.15, 0.2) is 0 Å². The van der Waals surface area contributed by atoms with Crippen LogP contribution in [0.15, 0.2) is 42.5 Å². The summed E-state index contributed by atoms with van der Waals surface area (Å²) in [5.41, 5.74) is 7.81. The summed E-state index contributed by atoms with van der Waals surface area (Å²) in [4.78, 5) is 0. The first-order valence-corrected chi connectivity index (χ1v) is 7.29. The van der Waals surface area contributed by atoms with E-state index in [2.05, 4.69) is 26.0 Å². The van der Waals surface area contributed by atoms with E-state index in [0.717, 1.165) is 11.5 Å². The highest BCUT2D eigenvalue weighted by Gasteiger charge is 2.05. The van der Waals surface area contributed by atoms with Crippen molar-refractivity contribution in [2.75, 3.05) is 5.73 Å². The molecule has 0 aliphatic carbocycles. The van der Waals surface area contributed by atoms with Crippen molar-refractivity contribution in [2.24, 2.45) is 0 Å². The number of anilines is 1. The SMILES string of the molecule is CC(C)Oc1cc(N)cc(Oc2ccc(C(C)C)cc2)c1. The van der Waals surface area contributed by atoms with Gasteiger partial charge in [0.2, 0.25) is 0 Å². The molecule has 0 amide bonds. The highest BCUT2D eigenvalue weighted by molar-refractivity contribution is 5.51. The van der Waals surface area contributed by atoms with Gasteiger partial charge in [0.25, 0.3) is 0 Å². The van der Waals surface area contributed by atoms with Gasteiger partial charge in [-0.2, -0.15) is 0 Å². The minimum Gasteiger partial charge on any atom is -0.491 e. The Kier molecular flexibility index (Phi) is 4.73. The Morgan fingerprint density at radius 2 is 1.43 bits per heavy atom. The van der Waals surface area contributed by atoms with Crippen LogP contribution in [0.5, 0.6) is 17.2 Å². The number of nitrogens with two attached hydrogens (primary N) is 1. The summed E-state index contributed by atoms with van der Waals surface area (Å²) in [6.45, 7) is 8.30. The molecule has 2 aromatic rings. The molecule has 2 N–H and O–H groups in total. The van der Waals surface area contributed by atoms with E-state index < -0.39 is 0 Å². The van der Waals surface area contributed by atoms with E-state index in [4.69, 9.17) is 15.2 Å². The van der Waals surface area contributed by atoms with Crippen LogP contribution in [0, 0.1) is 0 Å². The number of hydrogen-bond acceptors (Lipinski definition) is 3. The number of nitrogen functional groups attached to an aromatic ring is 1. The maximum absolute atomic E-state index is 5.89. The van der Waals surface area contributed by atoms with Gasteiger partial charge in [-0.05, 0) is 37.5 Å². The molecule has 3 heteroatoms. The number of ether oxygens (including phenoxy) is 2. The first-order chi connectivity index (χ1) is 9.94. The van der Waals surface area contributed by atoms with Gasteiger partial charge in [-0.15, -0.1) is 0 Å². The third-order valence-electron chi connectivity index (χ3n) is 3.06. The van der Waals surface area contributed by atoms with Crippen LogP contribution < -0.4 is 15.2 Å². The van der Waals surface area contributed by atoms with Crippen molar-refractivity contribution in [3.63, 3.8) is 0 Å². The molecule has 0 bridgehead atoms. The van der Waals surface area contributed by atoms with E-state index in [1.54, 1.807) is 12.1 Å². The second kappa shape index (κ2) is 6.53. The monoisotopic (exact) mass is 285 g/mol. The lowest BCUT2D eigenvalue weighted by molar-refractivity contribution is 0.242. The van der Waals surface area contributed by atoms with Gasteiger partial charge >= 0.3 is 0 Å². The first kappa shape index (κ1) is 15.2. The molecule has 21 heavy (non-hydrogen) atoms. The predicted octanol–water partition coefficient (Wildman–Crippen LogP) is 4.97. The molecule has 3 nitrogen and oxygen atoms in total. The second-order valence-electron chi connectivity index (χ2n) is 5.73. The Morgan fingerprint density at radius 1 is 0.810 bits per heavy atom. The molecular weight excluding hydrogens is 262 g/mol. The number of benzene rings is 2. The molecule has 0 saturated heterocycles. The molecule has 0 aliphatic rings. The standard InChI is InChI=1S/C18H23NO2/c1-12(2)14-5-7-16(8-6-14)21-18-10-15(19)9-17(11-18)20-13(3)4/h5-13H,19H2,1-4H3. The number of rotatable bonds is 5. The molecule has 0 heterocycles. The van der Waals surface area contributed by atoms with Crippen molar-refractivity contribution in [1.29, 1.82) is 0 Å². The summed E-state index contributed by atoms with van der Waals surface area (Å²) >= 11 is 0. The molecule has 0 aromatic heterocycles. The molecule has 0 spiro atoms. The largest absolute Gasteiger partial charge is 0.491 e. The zero-order valence-corrected chi connectivity index (χ0v) is 13.1. The third kappa shape index (κ3) is 4.42. The van der Waals surface area contributed by atoms with Gasteiger partial charge < -0.3 is 15.2 Å². The number of hydrogen-bond donors (Lipinski definition) is 1. The minimum atomic E-state index is 0.102. The Morgan fingerprint density at radius 3 is 2.00 bits per heavy atom. The van der Waals surface area contributed by atoms with E-state index in [-0.39, 0.29) is 6.10 Å². The van der Waals surface area contributed by atoms with Crippen LogP contribution in [-0.4, -0.2) is 6.10 Å². The Balaban J connectivity index is 2.16. The fourth-order valence-corrected chi connectivity index (χ4v) is 2.05. The Hall–Kier alpha value is -2.16. The molecule has 0 fully saturated rings. The average molecular weight is 285 g/mol. The summed E-state index contributed by atoms with van der Waals surface area (Å²) in [5, 5.41) is 0. The van der Waals surface area contributed by atoms with Crippen LogP contribution in [0.1, 0.15) is 39.2 Å². The molecule has 0 saturated carbocycles. The summed E-state index contributed by atoms with van der Waals surface area (Å²) in [7, 11) is 0. The van der Waals surface area contributed by atoms with Gasteiger partial charge in [0.1, 0.15) is 17.2 Å². The van der Waals surface area contributed by atoms with E-state index in [0.29, 0.717) is 17.4 Å². The van der Waals surface area contributed by atoms with Crippen molar-refractivity contribution in [3.05, 3.63) is 48.0 Å². The van der Waals surface area contributed by atoms with Gasteiger partial charge in [0, 0.05) is 23.9 Å². The maximum Gasteiger partial charge on any atom is 0.133 e. The molecular formula is C18H23NO2. The van der Waals surface area contributed by atoms with Crippen molar-refractivity contribution in [3.8, 4) is 17.2 Å². The topological polar surface area (TPSA) is 44.5 Å². The Bertz CT molecular complexity index is 589. The van der Waals surface area contributed by atoms with Gasteiger partial charge in [-0.25, -0.2) is 0 Å². The molecule has 0 aliphatic heterocycles. The summed E-state index contributed by atoms with van der Waals surface area (Å²) in [6, 6.07) is 13.6. The third-order valence-corrected chi connectivity index (χ3v) is 3.06. The van der Waals surface area contributed by atoms with Crippen LogP contribution in [0.3, 0.4) is 0 Å². The maximum atomic E-state index is 5.89. The lowest BCUT2D eigenvalue weighted by Crippen LogP contribution is -2.05. The first-order valence-electron chi connectivity index (χ1n) is 7.29. The molecule has 112 valence electrons. The van der Waals surface area contributed by atoms with E-state index in [1.807, 2.05) is 32.0 Å². The van der Waals surface area contributed by atoms with Crippen molar-refractivity contribution in [1.82, 2.24) is 0 Å². The zero-order chi connectivity index (χ0) is 15.4. The van der Waals surface area contributed by atoms with Crippen LogP contribution in [0.25, 0.3) is 0 Å². The second-order valence-corrected chi connectivity index (χ2v) is 5.73. The van der Waals surface area contributed by atoms with Crippen molar-refractivity contribution >= 4 is 5.69 Å². The van der Waals surface area contributed by atoms with E-state index >= 15 is 0 Å². The highest BCUT2D eigenvalue weighted by atomic mass is 16.5. The predicted molar refractivity (Wildman–Crippen MR) is 87.2 cm³/mol. The smallest absolute Gasteiger partial charge is 0.133 e. The summed E-state index contributed by atoms with van der Waals surface area (Å²) in [6.07, 6.45) is 0.102. The molecule has 0 atom stereocenters. The van der Waals surface area contributed by atoms with Crippen LogP contribution >= 0.6 is 0 Å². The molecule has 2 rings (SSSR count). The molecule has 0 unspecified atom stereocenters. The average Bonchev–Trinajstić information content (AvgIpc) is 2.37. The summed E-state index contributed by atoms with van der Waals surface area (Å²) in [5.74, 6) is 2.71. The lowest BCUT2D eigenvalue weighted by atomic mass is 10.0. The fourth-order valence-electron chi connectivity index (χ4n) is 2.05. The van der Waals surface area contributed by atoms with Gasteiger partial charge in [-0.3, -0.25) is 0 Å². The quantitative estimate of drug-likeness (QED) is 0.789. The van der Waals surface area contributed by atoms with Crippen molar-refractivity contribution < 1.29 is 9.47 Å². The van der Waals surface area contributed by atoms with Gasteiger partial charge in [0.05, 0.1) is 6.10 Å². The molecule has 2 aromatic carbocycles. The van der Waals surface area contributed by atoms with Crippen LogP contribution in [-0.2, 0) is 0 Å². The van der Waals surface area contributed by atoms with Gasteiger partial charge in [-0.1, -0.05) is 26.0 Å². The normalized spacial score (nSPS) is 11.0. The van der Waals surface area contributed by atoms with Crippen LogP contribution in [0.4, 0.5) is 5.69 Å². The van der Waals surface area contributed by atoms with Crippen LogP contribution in [0.2, 0.25) is 0 Å². The lowest BCUT2D eigenvalue weighted by Gasteiger charge is -2.13. The van der Waals surface area contributed by atoms with Crippen molar-refractivity contribution in [2.45, 2.75) is 39.7 Å². The highest BCUT2D eigenvalue weighted by Crippen LogP contribution is 2.29. The Labute approximate surface area is 126 Å². The summed E-state index contributed by atoms with van der Waals surface area (Å²) < 4.78 is 11.5. The zero-order valence-electron chi connectivity index (χ0n) is 13.1.